The van der Waals surface area contributed by atoms with E-state index in [4.69, 9.17) is 0 Å². The van der Waals surface area contributed by atoms with Crippen LogP contribution in [0, 0.1) is 32.4 Å². The highest BCUT2D eigenvalue weighted by Crippen LogP contribution is 2.35. The molecular weight excluding hydrogens is 310 g/mol. The van der Waals surface area contributed by atoms with E-state index in [1.54, 1.807) is 13.0 Å². The monoisotopic (exact) mass is 324 g/mol. The van der Waals surface area contributed by atoms with Crippen LogP contribution in [0.2, 0.25) is 0 Å². The fraction of sp³-hybridized carbons (Fsp3) is 0.250. The van der Waals surface area contributed by atoms with Gasteiger partial charge in [-0.25, -0.2) is 8.78 Å². The van der Waals surface area contributed by atoms with Gasteiger partial charge >= 0.3 is 0 Å². The zero-order valence-electron chi connectivity index (χ0n) is 11.1. The second-order valence-electron chi connectivity index (χ2n) is 4.77. The van der Waals surface area contributed by atoms with E-state index in [1.165, 1.54) is 0 Å². The highest BCUT2D eigenvalue weighted by molar-refractivity contribution is 9.09. The molecule has 0 aliphatic heterocycles. The minimum Gasteiger partial charge on any atom is -0.207 e. The number of aryl methyl sites for hydroxylation is 2. The van der Waals surface area contributed by atoms with Crippen LogP contribution < -0.4 is 0 Å². The lowest BCUT2D eigenvalue weighted by atomic mass is 9.96. The fourth-order valence-electron chi connectivity index (χ4n) is 2.09. The number of alkyl halides is 1. The lowest BCUT2D eigenvalue weighted by molar-refractivity contribution is 0.569. The molecule has 0 spiro atoms. The largest absolute Gasteiger partial charge is 0.207 e. The molecule has 1 atom stereocenters. The standard InChI is InChI=1S/C16H15BrF2/c1-9-5-4-6-12(11(9)3)16(17)13-7-10(2)14(18)8-15(13)19/h4-8,16H,1-3H3. The second-order valence-corrected chi connectivity index (χ2v) is 5.69. The van der Waals surface area contributed by atoms with Gasteiger partial charge in [0.25, 0.3) is 0 Å². The molecule has 0 aliphatic rings. The van der Waals surface area contributed by atoms with Crippen molar-refractivity contribution < 1.29 is 8.78 Å². The highest BCUT2D eigenvalue weighted by Gasteiger charge is 2.18. The maximum Gasteiger partial charge on any atom is 0.130 e. The second kappa shape index (κ2) is 5.41. The molecule has 0 saturated carbocycles. The summed E-state index contributed by atoms with van der Waals surface area (Å²) in [5.41, 5.74) is 4.19. The van der Waals surface area contributed by atoms with Crippen LogP contribution in [0.1, 0.15) is 32.6 Å². The summed E-state index contributed by atoms with van der Waals surface area (Å²) in [5.74, 6) is -1.03. The van der Waals surface area contributed by atoms with Crippen LogP contribution in [0.25, 0.3) is 0 Å². The van der Waals surface area contributed by atoms with Crippen molar-refractivity contribution in [2.45, 2.75) is 25.6 Å². The summed E-state index contributed by atoms with van der Waals surface area (Å²) >= 11 is 3.53. The minimum absolute atomic E-state index is 0.272. The van der Waals surface area contributed by atoms with E-state index in [-0.39, 0.29) is 4.83 Å². The third-order valence-corrected chi connectivity index (χ3v) is 4.46. The highest BCUT2D eigenvalue weighted by atomic mass is 79.9. The van der Waals surface area contributed by atoms with E-state index in [9.17, 15) is 8.78 Å². The first-order chi connectivity index (χ1) is 8.91. The van der Waals surface area contributed by atoms with Crippen molar-refractivity contribution >= 4 is 15.9 Å². The van der Waals surface area contributed by atoms with Gasteiger partial charge in [-0.15, -0.1) is 0 Å². The van der Waals surface area contributed by atoms with Crippen molar-refractivity contribution in [2.75, 3.05) is 0 Å². The smallest absolute Gasteiger partial charge is 0.130 e. The van der Waals surface area contributed by atoms with Crippen LogP contribution >= 0.6 is 15.9 Å². The Morgan fingerprint density at radius 1 is 0.895 bits per heavy atom. The Balaban J connectivity index is 2.53. The van der Waals surface area contributed by atoms with Crippen LogP contribution in [0.4, 0.5) is 8.78 Å². The predicted octanol–water partition coefficient (Wildman–Crippen LogP) is 5.37. The van der Waals surface area contributed by atoms with Gasteiger partial charge < -0.3 is 0 Å². The molecule has 0 radical (unpaired) electrons. The van der Waals surface area contributed by atoms with E-state index in [2.05, 4.69) is 15.9 Å². The molecule has 1 unspecified atom stereocenters. The van der Waals surface area contributed by atoms with Crippen molar-refractivity contribution in [3.05, 3.63) is 69.8 Å². The molecule has 0 nitrogen and oxygen atoms in total. The number of rotatable bonds is 2. The first-order valence-corrected chi connectivity index (χ1v) is 6.99. The SMILES string of the molecule is Cc1cc(C(Br)c2cccc(C)c2C)c(F)cc1F. The fourth-order valence-corrected chi connectivity index (χ4v) is 2.94. The summed E-state index contributed by atoms with van der Waals surface area (Å²) in [4.78, 5) is -0.272. The number of hydrogen-bond acceptors (Lipinski definition) is 0. The summed E-state index contributed by atoms with van der Waals surface area (Å²) in [6.45, 7) is 5.67. The molecule has 2 aromatic carbocycles. The third-order valence-electron chi connectivity index (χ3n) is 3.47. The normalized spacial score (nSPS) is 12.5. The molecule has 0 N–H and O–H groups in total. The molecule has 2 rings (SSSR count). The number of hydrogen-bond donors (Lipinski definition) is 0. The number of benzene rings is 2. The summed E-state index contributed by atoms with van der Waals surface area (Å²) in [6.07, 6.45) is 0. The molecule has 100 valence electrons. The Labute approximate surface area is 120 Å². The quantitative estimate of drug-likeness (QED) is 0.651. The first kappa shape index (κ1) is 14.2. The molecule has 0 aliphatic carbocycles. The predicted molar refractivity (Wildman–Crippen MR) is 77.8 cm³/mol. The molecular formula is C16H15BrF2. The van der Waals surface area contributed by atoms with Gasteiger partial charge in [-0.2, -0.15) is 0 Å². The van der Waals surface area contributed by atoms with Gasteiger partial charge in [0.1, 0.15) is 11.6 Å². The van der Waals surface area contributed by atoms with Crippen LogP contribution in [0.3, 0.4) is 0 Å². The van der Waals surface area contributed by atoms with Crippen molar-refractivity contribution in [3.63, 3.8) is 0 Å². The maximum absolute atomic E-state index is 13.9. The van der Waals surface area contributed by atoms with E-state index in [0.29, 0.717) is 11.1 Å². The van der Waals surface area contributed by atoms with E-state index < -0.39 is 11.6 Å². The van der Waals surface area contributed by atoms with Gasteiger partial charge in [0.15, 0.2) is 0 Å². The Bertz CT molecular complexity index is 620. The van der Waals surface area contributed by atoms with E-state index >= 15 is 0 Å². The van der Waals surface area contributed by atoms with Crippen molar-refractivity contribution in [3.8, 4) is 0 Å². The summed E-state index contributed by atoms with van der Waals surface area (Å²) < 4.78 is 27.2. The van der Waals surface area contributed by atoms with Gasteiger partial charge in [-0.3, -0.25) is 0 Å². The molecule has 0 heterocycles. The minimum atomic E-state index is -0.522. The summed E-state index contributed by atoms with van der Waals surface area (Å²) in [6, 6.07) is 8.43. The van der Waals surface area contributed by atoms with Crippen LogP contribution in [0.15, 0.2) is 30.3 Å². The first-order valence-electron chi connectivity index (χ1n) is 6.07. The molecule has 19 heavy (non-hydrogen) atoms. The van der Waals surface area contributed by atoms with Crippen LogP contribution in [-0.4, -0.2) is 0 Å². The molecule has 0 saturated heterocycles. The zero-order valence-corrected chi connectivity index (χ0v) is 12.7. The Morgan fingerprint density at radius 2 is 1.58 bits per heavy atom. The number of halogens is 3. The van der Waals surface area contributed by atoms with Crippen molar-refractivity contribution in [1.82, 2.24) is 0 Å². The topological polar surface area (TPSA) is 0 Å². The molecule has 3 heteroatoms. The zero-order chi connectivity index (χ0) is 14.2. The molecule has 0 fully saturated rings. The third kappa shape index (κ3) is 2.71. The Kier molecular flexibility index (Phi) is 4.04. The average molecular weight is 325 g/mol. The van der Waals surface area contributed by atoms with Crippen molar-refractivity contribution in [2.24, 2.45) is 0 Å². The van der Waals surface area contributed by atoms with Crippen molar-refractivity contribution in [1.29, 1.82) is 0 Å². The average Bonchev–Trinajstić information content (AvgIpc) is 2.36. The van der Waals surface area contributed by atoms with Gasteiger partial charge in [0.05, 0.1) is 4.83 Å². The maximum atomic E-state index is 13.9. The Hall–Kier alpha value is -1.22. The van der Waals surface area contributed by atoms with E-state index in [0.717, 1.165) is 22.8 Å². The van der Waals surface area contributed by atoms with Crippen LogP contribution in [0.5, 0.6) is 0 Å². The van der Waals surface area contributed by atoms with Gasteiger partial charge in [-0.1, -0.05) is 34.1 Å². The molecule has 2 aromatic rings. The van der Waals surface area contributed by atoms with Gasteiger partial charge in [-0.05, 0) is 49.1 Å². The summed E-state index contributed by atoms with van der Waals surface area (Å²) in [7, 11) is 0. The Morgan fingerprint density at radius 3 is 2.26 bits per heavy atom. The van der Waals surface area contributed by atoms with Crippen LogP contribution in [-0.2, 0) is 0 Å². The van der Waals surface area contributed by atoms with Gasteiger partial charge in [0.2, 0.25) is 0 Å². The molecule has 0 amide bonds. The van der Waals surface area contributed by atoms with Gasteiger partial charge in [0, 0.05) is 11.6 Å². The lowest BCUT2D eigenvalue weighted by Crippen LogP contribution is -2.02. The lowest BCUT2D eigenvalue weighted by Gasteiger charge is -2.16. The summed E-state index contributed by atoms with van der Waals surface area (Å²) in [5, 5.41) is 0. The van der Waals surface area contributed by atoms with E-state index in [1.807, 2.05) is 32.0 Å². The molecule has 0 bridgehead atoms. The molecule has 0 aromatic heterocycles.